The van der Waals surface area contributed by atoms with Crippen LogP contribution in [0, 0.1) is 5.92 Å². The fourth-order valence-corrected chi connectivity index (χ4v) is 6.92. The van der Waals surface area contributed by atoms with Gasteiger partial charge in [0.05, 0.1) is 22.5 Å². The third-order valence-electron chi connectivity index (χ3n) is 7.32. The minimum atomic E-state index is -3.53. The highest BCUT2D eigenvalue weighted by Gasteiger charge is 2.34. The summed E-state index contributed by atoms with van der Waals surface area (Å²) in [6, 6.07) is 13.6. The summed E-state index contributed by atoms with van der Waals surface area (Å²) in [5.74, 6) is 0.761. The van der Waals surface area contributed by atoms with Crippen molar-refractivity contribution in [2.45, 2.75) is 57.0 Å². The van der Waals surface area contributed by atoms with Crippen LogP contribution in [0.1, 0.15) is 43.1 Å². The van der Waals surface area contributed by atoms with E-state index in [1.165, 1.54) is 5.56 Å². The molecule has 0 bridgehead atoms. The number of benzene rings is 2. The minimum Gasteiger partial charge on any atom is -0.338 e. The molecule has 1 aliphatic heterocycles. The Morgan fingerprint density at radius 2 is 1.82 bits per heavy atom. The minimum absolute atomic E-state index is 0.0595. The van der Waals surface area contributed by atoms with Gasteiger partial charge in [0.25, 0.3) is 0 Å². The molecule has 180 valence electrons. The van der Waals surface area contributed by atoms with Gasteiger partial charge in [-0.1, -0.05) is 18.2 Å². The van der Waals surface area contributed by atoms with Crippen LogP contribution in [-0.4, -0.2) is 53.2 Å². The molecule has 0 N–H and O–H groups in total. The number of hydrogen-bond acceptors (Lipinski definition) is 4. The van der Waals surface area contributed by atoms with Crippen molar-refractivity contribution in [1.29, 1.82) is 0 Å². The van der Waals surface area contributed by atoms with E-state index in [0.717, 1.165) is 48.2 Å². The molecule has 0 atom stereocenters. The summed E-state index contributed by atoms with van der Waals surface area (Å²) in [7, 11) is -1.72. The van der Waals surface area contributed by atoms with Gasteiger partial charge in [-0.3, -0.25) is 4.79 Å². The normalized spacial score (nSPS) is 17.2. The van der Waals surface area contributed by atoms with Crippen molar-refractivity contribution in [3.63, 3.8) is 0 Å². The lowest BCUT2D eigenvalue weighted by atomic mass is 9.96. The average molecular weight is 481 g/mol. The molecule has 5 rings (SSSR count). The quantitative estimate of drug-likeness (QED) is 0.540. The largest absolute Gasteiger partial charge is 0.338 e. The lowest BCUT2D eigenvalue weighted by Crippen LogP contribution is -2.43. The number of aryl methyl sites for hydroxylation is 3. The van der Waals surface area contributed by atoms with Gasteiger partial charge < -0.3 is 9.47 Å². The van der Waals surface area contributed by atoms with Crippen molar-refractivity contribution in [2.75, 3.05) is 20.1 Å². The number of carbonyl (C=O) groups is 1. The molecule has 0 saturated carbocycles. The van der Waals surface area contributed by atoms with E-state index < -0.39 is 10.0 Å². The van der Waals surface area contributed by atoms with E-state index >= 15 is 0 Å². The molecule has 1 aliphatic carbocycles. The molecular formula is C26H32N4O3S. The zero-order chi connectivity index (χ0) is 23.9. The number of piperidine rings is 1. The molecule has 0 unspecified atom stereocenters. The molecule has 3 aromatic rings. The second-order valence-corrected chi connectivity index (χ2v) is 11.4. The first-order valence-corrected chi connectivity index (χ1v) is 13.6. The van der Waals surface area contributed by atoms with Gasteiger partial charge in [0.15, 0.2) is 0 Å². The molecular weight excluding hydrogens is 448 g/mol. The number of aromatic nitrogens is 2. The van der Waals surface area contributed by atoms with Gasteiger partial charge in [0, 0.05) is 32.6 Å². The van der Waals surface area contributed by atoms with E-state index in [0.29, 0.717) is 37.4 Å². The molecule has 1 aromatic heterocycles. The molecule has 0 radical (unpaired) electrons. The number of rotatable bonds is 6. The summed E-state index contributed by atoms with van der Waals surface area (Å²) in [5.41, 5.74) is 4.44. The molecule has 0 spiro atoms. The number of para-hydroxylation sites is 2. The lowest BCUT2D eigenvalue weighted by Gasteiger charge is -2.32. The fraction of sp³-hybridized carbons (Fsp3) is 0.462. The number of imidazole rings is 1. The van der Waals surface area contributed by atoms with Crippen molar-refractivity contribution in [2.24, 2.45) is 5.92 Å². The maximum atomic E-state index is 13.2. The Bertz CT molecular complexity index is 1320. The smallest absolute Gasteiger partial charge is 0.243 e. The van der Waals surface area contributed by atoms with Crippen LogP contribution < -0.4 is 0 Å². The van der Waals surface area contributed by atoms with Gasteiger partial charge in [-0.05, 0) is 74.4 Å². The van der Waals surface area contributed by atoms with Gasteiger partial charge in [0.2, 0.25) is 15.9 Å². The number of fused-ring (bicyclic) bond motifs is 2. The second kappa shape index (κ2) is 9.15. The van der Waals surface area contributed by atoms with Gasteiger partial charge in [-0.25, -0.2) is 13.4 Å². The zero-order valence-electron chi connectivity index (χ0n) is 19.9. The predicted molar refractivity (Wildman–Crippen MR) is 132 cm³/mol. The molecule has 2 heterocycles. The fourth-order valence-electron chi connectivity index (χ4n) is 5.40. The first-order valence-electron chi connectivity index (χ1n) is 12.2. The summed E-state index contributed by atoms with van der Waals surface area (Å²) in [6.07, 6.45) is 4.15. The highest BCUT2D eigenvalue weighted by Crippen LogP contribution is 2.29. The Hall–Kier alpha value is -2.71. The van der Waals surface area contributed by atoms with Crippen LogP contribution in [0.3, 0.4) is 0 Å². The summed E-state index contributed by atoms with van der Waals surface area (Å²) in [4.78, 5) is 20.0. The maximum absolute atomic E-state index is 13.2. The van der Waals surface area contributed by atoms with Crippen molar-refractivity contribution < 1.29 is 13.2 Å². The molecule has 1 saturated heterocycles. The van der Waals surface area contributed by atoms with Crippen molar-refractivity contribution >= 4 is 27.0 Å². The third kappa shape index (κ3) is 4.14. The molecule has 7 nitrogen and oxygen atoms in total. The molecule has 2 aliphatic rings. The first-order chi connectivity index (χ1) is 16.4. The van der Waals surface area contributed by atoms with E-state index in [1.807, 2.05) is 43.4 Å². The van der Waals surface area contributed by atoms with Crippen molar-refractivity contribution in [3.8, 4) is 0 Å². The van der Waals surface area contributed by atoms with Crippen LogP contribution in [0.25, 0.3) is 11.0 Å². The van der Waals surface area contributed by atoms with Crippen LogP contribution >= 0.6 is 0 Å². The molecule has 8 heteroatoms. The maximum Gasteiger partial charge on any atom is 0.243 e. The van der Waals surface area contributed by atoms with Gasteiger partial charge in [-0.15, -0.1) is 0 Å². The van der Waals surface area contributed by atoms with Gasteiger partial charge in [-0.2, -0.15) is 4.31 Å². The van der Waals surface area contributed by atoms with E-state index in [9.17, 15) is 13.2 Å². The Labute approximate surface area is 201 Å². The van der Waals surface area contributed by atoms with Crippen molar-refractivity contribution in [3.05, 3.63) is 59.4 Å². The average Bonchev–Trinajstić information content (AvgIpc) is 3.46. The lowest BCUT2D eigenvalue weighted by molar-refractivity contribution is -0.136. The Morgan fingerprint density at radius 3 is 2.59 bits per heavy atom. The molecule has 34 heavy (non-hydrogen) atoms. The predicted octanol–water partition coefficient (Wildman–Crippen LogP) is 3.60. The van der Waals surface area contributed by atoms with E-state index in [4.69, 9.17) is 4.98 Å². The topological polar surface area (TPSA) is 75.5 Å². The van der Waals surface area contributed by atoms with Crippen LogP contribution in [0.4, 0.5) is 0 Å². The number of sulfonamides is 1. The van der Waals surface area contributed by atoms with Crippen LogP contribution in [-0.2, 0) is 40.7 Å². The zero-order valence-corrected chi connectivity index (χ0v) is 20.7. The Kier molecular flexibility index (Phi) is 6.20. The van der Waals surface area contributed by atoms with Crippen molar-refractivity contribution in [1.82, 2.24) is 18.8 Å². The van der Waals surface area contributed by atoms with Gasteiger partial charge >= 0.3 is 0 Å². The SMILES string of the molecule is CCn1c(CN(C)C(=O)C2CCN(S(=O)(=O)c3ccc4c(c3)CCC4)CC2)nc2ccccc21. The molecule has 2 aromatic carbocycles. The summed E-state index contributed by atoms with van der Waals surface area (Å²) in [6.45, 7) is 4.05. The third-order valence-corrected chi connectivity index (χ3v) is 9.21. The molecule has 1 fully saturated rings. The highest BCUT2D eigenvalue weighted by atomic mass is 32.2. The summed E-state index contributed by atoms with van der Waals surface area (Å²) >= 11 is 0. The standard InChI is InChI=1S/C26H32N4O3S/c1-3-30-24-10-5-4-9-23(24)27-25(30)18-28(2)26(31)20-13-15-29(16-14-20)34(32,33)22-12-11-19-7-6-8-21(19)17-22/h4-5,9-12,17,20H,3,6-8,13-16,18H2,1-2H3. The van der Waals surface area contributed by atoms with Crippen LogP contribution in [0.5, 0.6) is 0 Å². The van der Waals surface area contributed by atoms with Crippen LogP contribution in [0.15, 0.2) is 47.4 Å². The Morgan fingerprint density at radius 1 is 1.09 bits per heavy atom. The number of amides is 1. The number of hydrogen-bond donors (Lipinski definition) is 0. The van der Waals surface area contributed by atoms with E-state index in [-0.39, 0.29) is 11.8 Å². The van der Waals surface area contributed by atoms with Crippen LogP contribution in [0.2, 0.25) is 0 Å². The summed E-state index contributed by atoms with van der Waals surface area (Å²) < 4.78 is 30.1. The van der Waals surface area contributed by atoms with E-state index in [2.05, 4.69) is 11.5 Å². The summed E-state index contributed by atoms with van der Waals surface area (Å²) in [5, 5.41) is 0. The second-order valence-electron chi connectivity index (χ2n) is 9.42. The number of nitrogens with zero attached hydrogens (tertiary/aromatic N) is 4. The first kappa shape index (κ1) is 23.1. The van der Waals surface area contributed by atoms with E-state index in [1.54, 1.807) is 15.3 Å². The molecule has 1 amide bonds. The van der Waals surface area contributed by atoms with Gasteiger partial charge in [0.1, 0.15) is 5.82 Å². The highest BCUT2D eigenvalue weighted by molar-refractivity contribution is 7.89. The number of carbonyl (C=O) groups excluding carboxylic acids is 1. The monoisotopic (exact) mass is 480 g/mol. The Balaban J connectivity index is 1.23.